The third-order valence-corrected chi connectivity index (χ3v) is 9.38. The Morgan fingerprint density at radius 1 is 0.738 bits per heavy atom. The van der Waals surface area contributed by atoms with Crippen molar-refractivity contribution in [3.8, 4) is 22.6 Å². The molecule has 2 aliphatic carbocycles. The summed E-state index contributed by atoms with van der Waals surface area (Å²) in [6.07, 6.45) is 9.14. The van der Waals surface area contributed by atoms with E-state index in [1.165, 1.54) is 75.8 Å². The molecule has 5 rings (SSSR count). The zero-order chi connectivity index (χ0) is 29.7. The fourth-order valence-corrected chi connectivity index (χ4v) is 7.08. The quantitative estimate of drug-likeness (QED) is 0.220. The largest absolute Gasteiger partial charge is 0.460 e. The summed E-state index contributed by atoms with van der Waals surface area (Å²) < 4.78 is 79.7. The molecule has 3 aromatic carbocycles. The second-order valence-corrected chi connectivity index (χ2v) is 12.0. The average Bonchev–Trinajstić information content (AvgIpc) is 2.99. The molecule has 7 heteroatoms. The van der Waals surface area contributed by atoms with E-state index >= 15 is 0 Å². The maximum atomic E-state index is 14.9. The number of rotatable bonds is 10. The molecule has 0 aliphatic heterocycles. The minimum Gasteiger partial charge on any atom is -0.460 e. The van der Waals surface area contributed by atoms with Crippen LogP contribution in [0.5, 0.6) is 11.5 Å². The monoisotopic (exact) mass is 586 g/mol. The van der Waals surface area contributed by atoms with E-state index in [0.29, 0.717) is 17.5 Å². The van der Waals surface area contributed by atoms with E-state index in [-0.39, 0.29) is 0 Å². The Morgan fingerprint density at radius 3 is 1.98 bits per heavy atom. The van der Waals surface area contributed by atoms with E-state index in [2.05, 4.69) is 28.5 Å². The summed E-state index contributed by atoms with van der Waals surface area (Å²) in [7, 11) is 0. The van der Waals surface area contributed by atoms with E-state index in [4.69, 9.17) is 0 Å². The van der Waals surface area contributed by atoms with Gasteiger partial charge in [-0.1, -0.05) is 62.9 Å². The predicted octanol–water partition coefficient (Wildman–Crippen LogP) is 10.9. The number of hydrogen-bond donors (Lipinski definition) is 0. The number of ether oxygens (including phenoxy) is 2. The minimum atomic E-state index is -4.06. The molecule has 3 aromatic rings. The lowest BCUT2D eigenvalue weighted by molar-refractivity contribution is -0.187. The Kier molecular flexibility index (Phi) is 9.74. The van der Waals surface area contributed by atoms with Gasteiger partial charge in [0.1, 0.15) is 11.6 Å². The Balaban J connectivity index is 1.18. The molecule has 0 radical (unpaired) electrons. The van der Waals surface area contributed by atoms with Crippen LogP contribution in [0.3, 0.4) is 0 Å². The molecular formula is C35H39F5O2. The molecule has 2 aliphatic rings. The van der Waals surface area contributed by atoms with Gasteiger partial charge in [0.2, 0.25) is 6.86 Å². The highest BCUT2D eigenvalue weighted by atomic mass is 19.3. The first-order valence-electron chi connectivity index (χ1n) is 15.2. The van der Waals surface area contributed by atoms with Gasteiger partial charge in [0.05, 0.1) is 5.56 Å². The standard InChI is InChI=1S/C35H39F5O2/c1-2-3-23-4-6-24(7-5-23)25-8-10-26(11-9-25)27-12-14-28(15-13-27)29-16-18-31(32(37)20-29)35(39,40)42-30-17-19-34(41-22-36)33(38)21-30/h12-21,23-26H,2-11,22H2,1H3. The SMILES string of the molecule is CCCC1CCC(C2CCC(c3ccc(-c4ccc(C(F)(F)Oc5ccc(OCF)c(F)c5)c(F)c4)cc3)CC2)CC1. The van der Waals surface area contributed by atoms with Crippen molar-refractivity contribution in [2.75, 3.05) is 6.86 Å². The molecule has 0 unspecified atom stereocenters. The van der Waals surface area contributed by atoms with E-state index < -0.39 is 41.7 Å². The number of alkyl halides is 3. The number of hydrogen-bond acceptors (Lipinski definition) is 2. The molecule has 42 heavy (non-hydrogen) atoms. The van der Waals surface area contributed by atoms with Crippen LogP contribution in [0, 0.1) is 29.4 Å². The van der Waals surface area contributed by atoms with E-state index in [1.54, 1.807) is 0 Å². The van der Waals surface area contributed by atoms with Gasteiger partial charge in [-0.2, -0.15) is 8.78 Å². The first-order valence-corrected chi connectivity index (χ1v) is 15.2. The molecule has 0 saturated heterocycles. The van der Waals surface area contributed by atoms with Crippen molar-refractivity contribution >= 4 is 0 Å². The maximum Gasteiger partial charge on any atom is 0.429 e. The van der Waals surface area contributed by atoms with Gasteiger partial charge in [0.25, 0.3) is 0 Å². The lowest BCUT2D eigenvalue weighted by Crippen LogP contribution is -2.25. The van der Waals surface area contributed by atoms with Gasteiger partial charge in [-0.25, -0.2) is 13.2 Å². The van der Waals surface area contributed by atoms with Crippen LogP contribution in [0.4, 0.5) is 22.0 Å². The summed E-state index contributed by atoms with van der Waals surface area (Å²) in [6, 6.07) is 14.0. The first kappa shape index (κ1) is 30.4. The van der Waals surface area contributed by atoms with Crippen molar-refractivity contribution in [3.05, 3.63) is 83.4 Å². The van der Waals surface area contributed by atoms with Crippen LogP contribution in [0.1, 0.15) is 88.2 Å². The zero-order valence-corrected chi connectivity index (χ0v) is 24.1. The molecular weight excluding hydrogens is 547 g/mol. The van der Waals surface area contributed by atoms with Crippen LogP contribution in [-0.4, -0.2) is 6.86 Å². The lowest BCUT2D eigenvalue weighted by Gasteiger charge is -2.38. The molecule has 2 saturated carbocycles. The lowest BCUT2D eigenvalue weighted by atomic mass is 9.68. The van der Waals surface area contributed by atoms with E-state index in [1.807, 2.05) is 12.1 Å². The maximum absolute atomic E-state index is 14.9. The molecule has 0 heterocycles. The first-order chi connectivity index (χ1) is 20.3. The third-order valence-electron chi connectivity index (χ3n) is 9.38. The van der Waals surface area contributed by atoms with Gasteiger partial charge in [0, 0.05) is 6.07 Å². The van der Waals surface area contributed by atoms with Crippen LogP contribution in [-0.2, 0) is 6.11 Å². The Hall–Kier alpha value is -3.09. The van der Waals surface area contributed by atoms with Crippen LogP contribution < -0.4 is 9.47 Å². The molecule has 0 N–H and O–H groups in total. The molecule has 0 aromatic heterocycles. The summed E-state index contributed by atoms with van der Waals surface area (Å²) in [5, 5.41) is 0. The highest BCUT2D eigenvalue weighted by molar-refractivity contribution is 5.64. The van der Waals surface area contributed by atoms with Crippen molar-refractivity contribution < 1.29 is 31.4 Å². The second-order valence-electron chi connectivity index (χ2n) is 12.0. The van der Waals surface area contributed by atoms with Gasteiger partial charge in [-0.15, -0.1) is 0 Å². The Morgan fingerprint density at radius 2 is 1.38 bits per heavy atom. The molecule has 0 amide bonds. The summed E-state index contributed by atoms with van der Waals surface area (Å²) in [5.74, 6) is -0.00128. The topological polar surface area (TPSA) is 18.5 Å². The second kappa shape index (κ2) is 13.5. The smallest absolute Gasteiger partial charge is 0.429 e. The highest BCUT2D eigenvalue weighted by Crippen LogP contribution is 2.45. The molecule has 0 spiro atoms. The summed E-state index contributed by atoms with van der Waals surface area (Å²) in [5.41, 5.74) is 1.51. The normalized spacial score (nSPS) is 23.0. The fourth-order valence-electron chi connectivity index (χ4n) is 7.08. The van der Waals surface area contributed by atoms with Crippen LogP contribution in [0.2, 0.25) is 0 Å². The predicted molar refractivity (Wildman–Crippen MR) is 154 cm³/mol. The Labute approximate surface area is 245 Å². The molecule has 2 nitrogen and oxygen atoms in total. The molecule has 0 atom stereocenters. The molecule has 226 valence electrons. The van der Waals surface area contributed by atoms with Gasteiger partial charge in [-0.3, -0.25) is 0 Å². The van der Waals surface area contributed by atoms with Gasteiger partial charge in [0.15, 0.2) is 11.6 Å². The van der Waals surface area contributed by atoms with Crippen molar-refractivity contribution in [1.29, 1.82) is 0 Å². The summed E-state index contributed by atoms with van der Waals surface area (Å²) in [6.45, 7) is 1.02. The number of halogens is 5. The molecule has 2 fully saturated rings. The van der Waals surface area contributed by atoms with E-state index in [0.717, 1.165) is 47.6 Å². The van der Waals surface area contributed by atoms with Crippen molar-refractivity contribution in [2.24, 2.45) is 17.8 Å². The third kappa shape index (κ3) is 7.09. The number of benzene rings is 3. The Bertz CT molecular complexity index is 1310. The zero-order valence-electron chi connectivity index (χ0n) is 24.1. The van der Waals surface area contributed by atoms with E-state index in [9.17, 15) is 22.0 Å². The van der Waals surface area contributed by atoms with Crippen LogP contribution in [0.25, 0.3) is 11.1 Å². The van der Waals surface area contributed by atoms with Crippen molar-refractivity contribution in [2.45, 2.75) is 83.2 Å². The van der Waals surface area contributed by atoms with Crippen molar-refractivity contribution in [3.63, 3.8) is 0 Å². The minimum absolute atomic E-state index is 0.442. The van der Waals surface area contributed by atoms with Crippen LogP contribution >= 0.6 is 0 Å². The summed E-state index contributed by atoms with van der Waals surface area (Å²) >= 11 is 0. The van der Waals surface area contributed by atoms with Gasteiger partial charge < -0.3 is 9.47 Å². The molecule has 0 bridgehead atoms. The van der Waals surface area contributed by atoms with Gasteiger partial charge >= 0.3 is 6.11 Å². The van der Waals surface area contributed by atoms with Gasteiger partial charge in [-0.05, 0) is 103 Å². The summed E-state index contributed by atoms with van der Waals surface area (Å²) in [4.78, 5) is 0. The van der Waals surface area contributed by atoms with Crippen molar-refractivity contribution in [1.82, 2.24) is 0 Å². The fraction of sp³-hybridized carbons (Fsp3) is 0.486. The average molecular weight is 587 g/mol. The highest BCUT2D eigenvalue weighted by Gasteiger charge is 2.38. The van der Waals surface area contributed by atoms with Crippen LogP contribution in [0.15, 0.2) is 60.7 Å².